The first-order chi connectivity index (χ1) is 7.52. The Balaban J connectivity index is 3.28. The Kier molecular flexibility index (Phi) is 3.84. The number of hydrogen-bond acceptors (Lipinski definition) is 4. The van der Waals surface area contributed by atoms with E-state index in [-0.39, 0.29) is 35.8 Å². The van der Waals surface area contributed by atoms with E-state index in [2.05, 4.69) is 0 Å². The molecule has 0 aliphatic carbocycles. The number of phenols is 1. The second kappa shape index (κ2) is 4.94. The maximum Gasteiger partial charge on any atom is 0.196 e. The van der Waals surface area contributed by atoms with Gasteiger partial charge in [0.25, 0.3) is 0 Å². The highest BCUT2D eigenvalue weighted by atomic mass is 19.1. The zero-order valence-electron chi connectivity index (χ0n) is 9.21. The van der Waals surface area contributed by atoms with Crippen molar-refractivity contribution in [2.24, 2.45) is 5.73 Å². The van der Waals surface area contributed by atoms with Gasteiger partial charge in [0.15, 0.2) is 23.1 Å². The Hall–Kier alpha value is -1.62. The standard InChI is InChI=1S/C11H14FNO3/c1-6-7(9(14)3-4-13)5-8(12)11(16-2)10(6)15/h5,15H,3-4,13H2,1-2H3. The summed E-state index contributed by atoms with van der Waals surface area (Å²) in [6.45, 7) is 1.72. The minimum atomic E-state index is -0.758. The van der Waals surface area contributed by atoms with Crippen molar-refractivity contribution in [2.45, 2.75) is 13.3 Å². The van der Waals surface area contributed by atoms with Gasteiger partial charge < -0.3 is 15.6 Å². The summed E-state index contributed by atoms with van der Waals surface area (Å²) in [5.74, 6) is -1.65. The molecule has 0 amide bonds. The molecule has 1 aromatic carbocycles. The molecule has 4 nitrogen and oxygen atoms in total. The van der Waals surface area contributed by atoms with Crippen molar-refractivity contribution in [3.05, 3.63) is 23.0 Å². The molecule has 0 saturated heterocycles. The molecule has 5 heteroatoms. The summed E-state index contributed by atoms with van der Waals surface area (Å²) in [5, 5.41) is 9.63. The highest BCUT2D eigenvalue weighted by Gasteiger charge is 2.19. The number of ketones is 1. The summed E-state index contributed by atoms with van der Waals surface area (Å²) >= 11 is 0. The van der Waals surface area contributed by atoms with Crippen molar-refractivity contribution >= 4 is 5.78 Å². The van der Waals surface area contributed by atoms with Crippen LogP contribution in [-0.4, -0.2) is 24.5 Å². The molecule has 3 N–H and O–H groups in total. The number of carbonyl (C=O) groups excluding carboxylic acids is 1. The highest BCUT2D eigenvalue weighted by Crippen LogP contribution is 2.34. The monoisotopic (exact) mass is 227 g/mol. The summed E-state index contributed by atoms with van der Waals surface area (Å²) in [6, 6.07) is 1.06. The number of halogens is 1. The first kappa shape index (κ1) is 12.4. The molecule has 0 unspecified atom stereocenters. The number of nitrogens with two attached hydrogens (primary N) is 1. The topological polar surface area (TPSA) is 72.5 Å². The summed E-state index contributed by atoms with van der Waals surface area (Å²) in [5.41, 5.74) is 5.69. The lowest BCUT2D eigenvalue weighted by atomic mass is 10.0. The van der Waals surface area contributed by atoms with Crippen LogP contribution in [0.15, 0.2) is 6.07 Å². The van der Waals surface area contributed by atoms with Crippen LogP contribution in [0.3, 0.4) is 0 Å². The SMILES string of the molecule is COc1c(F)cc(C(=O)CCN)c(C)c1O. The van der Waals surface area contributed by atoms with Crippen molar-refractivity contribution in [1.29, 1.82) is 0 Å². The molecule has 0 atom stereocenters. The lowest BCUT2D eigenvalue weighted by Crippen LogP contribution is -2.10. The average Bonchev–Trinajstić information content (AvgIpc) is 2.24. The molecule has 0 radical (unpaired) electrons. The van der Waals surface area contributed by atoms with Gasteiger partial charge in [0.05, 0.1) is 7.11 Å². The van der Waals surface area contributed by atoms with Crippen LogP contribution in [0, 0.1) is 12.7 Å². The fraction of sp³-hybridized carbons (Fsp3) is 0.364. The average molecular weight is 227 g/mol. The number of rotatable bonds is 4. The maximum atomic E-state index is 13.4. The number of ether oxygens (including phenoxy) is 1. The number of carbonyl (C=O) groups is 1. The van der Waals surface area contributed by atoms with Crippen LogP contribution in [0.4, 0.5) is 4.39 Å². The number of aromatic hydroxyl groups is 1. The van der Waals surface area contributed by atoms with Crippen molar-refractivity contribution in [2.75, 3.05) is 13.7 Å². The van der Waals surface area contributed by atoms with Gasteiger partial charge in [0.2, 0.25) is 0 Å². The molecule has 0 aromatic heterocycles. The van der Waals surface area contributed by atoms with Gasteiger partial charge >= 0.3 is 0 Å². The van der Waals surface area contributed by atoms with Crippen LogP contribution in [0.5, 0.6) is 11.5 Å². The minimum Gasteiger partial charge on any atom is -0.504 e. The van der Waals surface area contributed by atoms with Gasteiger partial charge in [-0.1, -0.05) is 0 Å². The van der Waals surface area contributed by atoms with Crippen LogP contribution < -0.4 is 10.5 Å². The Morgan fingerprint density at radius 2 is 2.25 bits per heavy atom. The molecule has 0 aliphatic heterocycles. The normalized spacial score (nSPS) is 10.2. The third kappa shape index (κ3) is 2.14. The first-order valence-corrected chi connectivity index (χ1v) is 4.82. The zero-order valence-corrected chi connectivity index (χ0v) is 9.21. The van der Waals surface area contributed by atoms with Gasteiger partial charge in [-0.15, -0.1) is 0 Å². The second-order valence-electron chi connectivity index (χ2n) is 3.37. The molecule has 0 aliphatic rings. The van der Waals surface area contributed by atoms with Gasteiger partial charge in [-0.05, 0) is 19.5 Å². The fourth-order valence-corrected chi connectivity index (χ4v) is 1.46. The Labute approximate surface area is 92.8 Å². The van der Waals surface area contributed by atoms with Crippen LogP contribution in [0.2, 0.25) is 0 Å². The molecule has 0 heterocycles. The molecule has 0 fully saturated rings. The Bertz CT molecular complexity index is 418. The highest BCUT2D eigenvalue weighted by molar-refractivity contribution is 5.98. The van der Waals surface area contributed by atoms with E-state index in [1.165, 1.54) is 14.0 Å². The number of Topliss-reactive ketones (excluding diaryl/α,β-unsaturated/α-hetero) is 1. The molecule has 88 valence electrons. The fourth-order valence-electron chi connectivity index (χ4n) is 1.46. The zero-order chi connectivity index (χ0) is 12.3. The Morgan fingerprint density at radius 1 is 1.62 bits per heavy atom. The lowest BCUT2D eigenvalue weighted by molar-refractivity contribution is 0.0984. The van der Waals surface area contributed by atoms with Crippen LogP contribution in [0.1, 0.15) is 22.3 Å². The predicted molar refractivity (Wildman–Crippen MR) is 57.4 cm³/mol. The summed E-state index contributed by atoms with van der Waals surface area (Å²) in [4.78, 5) is 11.6. The van der Waals surface area contributed by atoms with Gasteiger partial charge in [-0.2, -0.15) is 0 Å². The smallest absolute Gasteiger partial charge is 0.196 e. The molecular formula is C11H14FNO3. The van der Waals surface area contributed by atoms with E-state index in [1.54, 1.807) is 0 Å². The van der Waals surface area contributed by atoms with E-state index >= 15 is 0 Å². The van der Waals surface area contributed by atoms with E-state index in [1.807, 2.05) is 0 Å². The molecular weight excluding hydrogens is 213 g/mol. The quantitative estimate of drug-likeness (QED) is 0.762. The molecule has 16 heavy (non-hydrogen) atoms. The largest absolute Gasteiger partial charge is 0.504 e. The van der Waals surface area contributed by atoms with Crippen LogP contribution in [-0.2, 0) is 0 Å². The van der Waals surface area contributed by atoms with Gasteiger partial charge in [0, 0.05) is 17.5 Å². The lowest BCUT2D eigenvalue weighted by Gasteiger charge is -2.11. The van der Waals surface area contributed by atoms with Crippen molar-refractivity contribution in [3.63, 3.8) is 0 Å². The van der Waals surface area contributed by atoms with Gasteiger partial charge in [0.1, 0.15) is 0 Å². The van der Waals surface area contributed by atoms with Crippen molar-refractivity contribution in [3.8, 4) is 11.5 Å². The Morgan fingerprint density at radius 3 is 2.75 bits per heavy atom. The number of hydrogen-bond donors (Lipinski definition) is 2. The summed E-state index contributed by atoms with van der Waals surface area (Å²) in [7, 11) is 1.25. The second-order valence-corrected chi connectivity index (χ2v) is 3.37. The van der Waals surface area contributed by atoms with E-state index in [9.17, 15) is 14.3 Å². The van der Waals surface area contributed by atoms with Crippen molar-refractivity contribution < 1.29 is 19.0 Å². The van der Waals surface area contributed by atoms with Gasteiger partial charge in [-0.3, -0.25) is 4.79 Å². The summed E-state index contributed by atoms with van der Waals surface area (Å²) in [6.07, 6.45) is 0.117. The number of methoxy groups -OCH3 is 1. The third-order valence-corrected chi connectivity index (χ3v) is 2.34. The summed E-state index contributed by atoms with van der Waals surface area (Å²) < 4.78 is 18.1. The minimum absolute atomic E-state index is 0.117. The number of phenolic OH excluding ortho intramolecular Hbond substituents is 1. The molecule has 1 aromatic rings. The van der Waals surface area contributed by atoms with E-state index < -0.39 is 5.82 Å². The van der Waals surface area contributed by atoms with Gasteiger partial charge in [-0.25, -0.2) is 4.39 Å². The molecule has 0 saturated carbocycles. The van der Waals surface area contributed by atoms with Crippen LogP contribution >= 0.6 is 0 Å². The third-order valence-electron chi connectivity index (χ3n) is 2.34. The van der Waals surface area contributed by atoms with E-state index in [4.69, 9.17) is 10.5 Å². The molecule has 0 spiro atoms. The van der Waals surface area contributed by atoms with E-state index in [0.717, 1.165) is 6.07 Å². The molecule has 0 bridgehead atoms. The first-order valence-electron chi connectivity index (χ1n) is 4.82. The van der Waals surface area contributed by atoms with Crippen molar-refractivity contribution in [1.82, 2.24) is 0 Å². The maximum absolute atomic E-state index is 13.4. The van der Waals surface area contributed by atoms with Crippen LogP contribution in [0.25, 0.3) is 0 Å². The molecule has 1 rings (SSSR count). The van der Waals surface area contributed by atoms with E-state index in [0.29, 0.717) is 5.56 Å². The predicted octanol–water partition coefficient (Wildman–Crippen LogP) is 1.38. The number of benzene rings is 1.